The molecule has 1 fully saturated rings. The molecule has 1 aromatic carbocycles. The number of hydrogen-bond donors (Lipinski definition) is 2. The molecule has 8 heteroatoms. The number of nitrogens with one attached hydrogen (secondary N) is 2. The van der Waals surface area contributed by atoms with Crippen LogP contribution in [-0.2, 0) is 16.0 Å². The minimum atomic E-state index is 0. The molecule has 0 aliphatic carbocycles. The van der Waals surface area contributed by atoms with Gasteiger partial charge >= 0.3 is 0 Å². The third-order valence-corrected chi connectivity index (χ3v) is 5.07. The Morgan fingerprint density at radius 3 is 2.81 bits per heavy atom. The Hall–Kier alpha value is -1.10. The van der Waals surface area contributed by atoms with Crippen molar-refractivity contribution < 1.29 is 14.2 Å². The van der Waals surface area contributed by atoms with Crippen LogP contribution in [0, 0.1) is 12.8 Å². The van der Waals surface area contributed by atoms with Crippen LogP contribution in [-0.4, -0.2) is 76.6 Å². The van der Waals surface area contributed by atoms with Crippen LogP contribution in [0.5, 0.6) is 5.75 Å². The van der Waals surface area contributed by atoms with E-state index in [9.17, 15) is 0 Å². The Labute approximate surface area is 211 Å². The molecule has 0 spiro atoms. The maximum Gasteiger partial charge on any atom is 0.191 e. The van der Waals surface area contributed by atoms with Gasteiger partial charge in [-0.15, -0.1) is 24.0 Å². The van der Waals surface area contributed by atoms with Crippen molar-refractivity contribution in [3.05, 3.63) is 29.3 Å². The summed E-state index contributed by atoms with van der Waals surface area (Å²) in [6.07, 6.45) is 1.04. The summed E-state index contributed by atoms with van der Waals surface area (Å²) < 4.78 is 17.1. The number of nitrogens with zero attached hydrogens (tertiary/aromatic N) is 2. The fourth-order valence-electron chi connectivity index (χ4n) is 3.61. The molecule has 1 heterocycles. The van der Waals surface area contributed by atoms with E-state index < -0.39 is 0 Å². The minimum absolute atomic E-state index is 0. The highest BCUT2D eigenvalue weighted by molar-refractivity contribution is 14.0. The monoisotopic (exact) mass is 562 g/mol. The van der Waals surface area contributed by atoms with Gasteiger partial charge in [-0.1, -0.05) is 26.0 Å². The van der Waals surface area contributed by atoms with Crippen molar-refractivity contribution >= 4 is 29.9 Å². The van der Waals surface area contributed by atoms with E-state index in [-0.39, 0.29) is 30.1 Å². The maximum atomic E-state index is 6.00. The number of aryl methyl sites for hydroxylation is 1. The summed E-state index contributed by atoms with van der Waals surface area (Å²) in [5, 5.41) is 6.79. The number of rotatable bonds is 12. The average Bonchev–Trinajstić information content (AvgIpc) is 2.74. The van der Waals surface area contributed by atoms with Gasteiger partial charge in [0, 0.05) is 58.4 Å². The molecule has 184 valence electrons. The molecule has 1 atom stereocenters. The Morgan fingerprint density at radius 2 is 2.09 bits per heavy atom. The number of halogens is 1. The van der Waals surface area contributed by atoms with Crippen molar-refractivity contribution in [2.24, 2.45) is 10.9 Å². The molecular formula is C24H43IN4O3. The van der Waals surface area contributed by atoms with E-state index in [4.69, 9.17) is 19.2 Å². The van der Waals surface area contributed by atoms with Gasteiger partial charge in [0.1, 0.15) is 5.75 Å². The van der Waals surface area contributed by atoms with Crippen LogP contribution in [0.15, 0.2) is 23.2 Å². The summed E-state index contributed by atoms with van der Waals surface area (Å²) in [5.74, 6) is 2.37. The third-order valence-electron chi connectivity index (χ3n) is 5.07. The van der Waals surface area contributed by atoms with Crippen LogP contribution in [0.4, 0.5) is 0 Å². The first-order valence-electron chi connectivity index (χ1n) is 11.6. The predicted octanol–water partition coefficient (Wildman–Crippen LogP) is 3.44. The van der Waals surface area contributed by atoms with Crippen molar-refractivity contribution in [3.8, 4) is 5.75 Å². The first-order valence-corrected chi connectivity index (χ1v) is 11.6. The standard InChI is InChI=1S/C24H42N4O3.HI/c1-6-25-24(27-16-22-18-28(10-13-30-22)17-19(2)3)26-15-21-9-8-20(4)14-23(21)31-12-7-11-29-5;/h8-9,14,19,22H,6-7,10-13,15-18H2,1-5H3,(H2,25,26,27);1H. The van der Waals surface area contributed by atoms with E-state index in [0.29, 0.717) is 25.7 Å². The third kappa shape index (κ3) is 11.2. The van der Waals surface area contributed by atoms with E-state index in [1.54, 1.807) is 7.11 Å². The van der Waals surface area contributed by atoms with E-state index >= 15 is 0 Å². The molecule has 0 amide bonds. The summed E-state index contributed by atoms with van der Waals surface area (Å²) in [4.78, 5) is 7.28. The molecule has 1 aliphatic rings. The zero-order valence-corrected chi connectivity index (χ0v) is 22.8. The Bertz CT molecular complexity index is 673. The molecule has 7 nitrogen and oxygen atoms in total. The number of aliphatic imine (C=N–C) groups is 1. The SMILES string of the molecule is CCNC(=NCc1ccc(C)cc1OCCCOC)NCC1CN(CC(C)C)CCO1.I. The summed E-state index contributed by atoms with van der Waals surface area (Å²) in [6.45, 7) is 16.0. The van der Waals surface area contributed by atoms with Gasteiger partial charge in [0.2, 0.25) is 0 Å². The van der Waals surface area contributed by atoms with Gasteiger partial charge in [0.05, 0.1) is 25.9 Å². The zero-order chi connectivity index (χ0) is 22.5. The van der Waals surface area contributed by atoms with Gasteiger partial charge in [-0.25, -0.2) is 4.99 Å². The lowest BCUT2D eigenvalue weighted by Crippen LogP contribution is -2.50. The van der Waals surface area contributed by atoms with Gasteiger partial charge in [0.15, 0.2) is 5.96 Å². The topological polar surface area (TPSA) is 67.4 Å². The normalized spacial score (nSPS) is 17.2. The number of hydrogen-bond acceptors (Lipinski definition) is 5. The molecule has 0 saturated carbocycles. The fraction of sp³-hybridized carbons (Fsp3) is 0.708. The zero-order valence-electron chi connectivity index (χ0n) is 20.5. The molecule has 32 heavy (non-hydrogen) atoms. The number of guanidine groups is 1. The van der Waals surface area contributed by atoms with Crippen molar-refractivity contribution in [1.82, 2.24) is 15.5 Å². The molecule has 0 bridgehead atoms. The van der Waals surface area contributed by atoms with Gasteiger partial charge in [-0.2, -0.15) is 0 Å². The first-order chi connectivity index (χ1) is 15.0. The number of benzene rings is 1. The average molecular weight is 563 g/mol. The lowest BCUT2D eigenvalue weighted by atomic mass is 10.1. The van der Waals surface area contributed by atoms with Crippen molar-refractivity contribution in [2.45, 2.75) is 46.8 Å². The summed E-state index contributed by atoms with van der Waals surface area (Å²) >= 11 is 0. The van der Waals surface area contributed by atoms with E-state index in [1.807, 2.05) is 0 Å². The molecule has 2 N–H and O–H groups in total. The Morgan fingerprint density at radius 1 is 1.28 bits per heavy atom. The van der Waals surface area contributed by atoms with Crippen molar-refractivity contribution in [1.29, 1.82) is 0 Å². The molecule has 1 saturated heterocycles. The van der Waals surface area contributed by atoms with E-state index in [1.165, 1.54) is 5.56 Å². The lowest BCUT2D eigenvalue weighted by molar-refractivity contribution is -0.0284. The van der Waals surface area contributed by atoms with Gasteiger partial charge < -0.3 is 24.8 Å². The first kappa shape index (κ1) is 28.9. The molecule has 2 rings (SSSR count). The minimum Gasteiger partial charge on any atom is -0.493 e. The van der Waals surface area contributed by atoms with E-state index in [2.05, 4.69) is 61.4 Å². The predicted molar refractivity (Wildman–Crippen MR) is 142 cm³/mol. The quantitative estimate of drug-likeness (QED) is 0.176. The number of morpholine rings is 1. The number of ether oxygens (including phenoxy) is 3. The van der Waals surface area contributed by atoms with Gasteiger partial charge in [0.25, 0.3) is 0 Å². The van der Waals surface area contributed by atoms with Crippen LogP contribution in [0.3, 0.4) is 0 Å². The molecule has 1 aromatic rings. The highest BCUT2D eigenvalue weighted by Crippen LogP contribution is 2.21. The second-order valence-electron chi connectivity index (χ2n) is 8.53. The summed E-state index contributed by atoms with van der Waals surface area (Å²) in [5.41, 5.74) is 2.26. The van der Waals surface area contributed by atoms with Crippen LogP contribution >= 0.6 is 24.0 Å². The van der Waals surface area contributed by atoms with Crippen molar-refractivity contribution in [2.75, 3.05) is 59.7 Å². The molecule has 0 aromatic heterocycles. The molecule has 0 radical (unpaired) electrons. The van der Waals surface area contributed by atoms with Crippen molar-refractivity contribution in [3.63, 3.8) is 0 Å². The van der Waals surface area contributed by atoms with Crippen LogP contribution in [0.25, 0.3) is 0 Å². The number of methoxy groups -OCH3 is 1. The molecule has 1 unspecified atom stereocenters. The van der Waals surface area contributed by atoms with Gasteiger partial charge in [-0.05, 0) is 31.4 Å². The molecular weight excluding hydrogens is 519 g/mol. The van der Waals surface area contributed by atoms with Crippen LogP contribution < -0.4 is 15.4 Å². The second-order valence-corrected chi connectivity index (χ2v) is 8.53. The lowest BCUT2D eigenvalue weighted by Gasteiger charge is -2.34. The largest absolute Gasteiger partial charge is 0.493 e. The Balaban J connectivity index is 0.00000512. The summed E-state index contributed by atoms with van der Waals surface area (Å²) in [6, 6.07) is 6.28. The maximum absolute atomic E-state index is 6.00. The molecule has 1 aliphatic heterocycles. The van der Waals surface area contributed by atoms with Crippen LogP contribution in [0.2, 0.25) is 0 Å². The summed E-state index contributed by atoms with van der Waals surface area (Å²) in [7, 11) is 1.71. The second kappa shape index (κ2) is 16.5. The van der Waals surface area contributed by atoms with Gasteiger partial charge in [-0.3, -0.25) is 4.90 Å². The highest BCUT2D eigenvalue weighted by Gasteiger charge is 2.21. The smallest absolute Gasteiger partial charge is 0.191 e. The highest BCUT2D eigenvalue weighted by atomic mass is 127. The van der Waals surface area contributed by atoms with Crippen LogP contribution in [0.1, 0.15) is 38.3 Å². The van der Waals surface area contributed by atoms with E-state index in [0.717, 1.165) is 63.0 Å². The Kier molecular flexibility index (Phi) is 14.9. The fourth-order valence-corrected chi connectivity index (χ4v) is 3.61.